The molecule has 0 amide bonds. The van der Waals surface area contributed by atoms with Gasteiger partial charge in [-0.2, -0.15) is 0 Å². The Bertz CT molecular complexity index is 896. The molecule has 0 aliphatic rings. The fraction of sp³-hybridized carbons (Fsp3) is 0.0667. The lowest BCUT2D eigenvalue weighted by Gasteiger charge is -2.02. The van der Waals surface area contributed by atoms with Crippen LogP contribution in [-0.2, 0) is 0 Å². The molecule has 5 heteroatoms. The van der Waals surface area contributed by atoms with E-state index in [0.29, 0.717) is 15.9 Å². The van der Waals surface area contributed by atoms with Crippen molar-refractivity contribution in [2.45, 2.75) is 0 Å². The van der Waals surface area contributed by atoms with E-state index in [1.165, 1.54) is 25.4 Å². The van der Waals surface area contributed by atoms with Crippen LogP contribution >= 0.6 is 11.6 Å². The average molecular weight is 290 g/mol. The first-order valence-electron chi connectivity index (χ1n) is 5.86. The quantitative estimate of drug-likeness (QED) is 0.688. The summed E-state index contributed by atoms with van der Waals surface area (Å²) in [7, 11) is 1.36. The lowest BCUT2D eigenvalue weighted by Crippen LogP contribution is -2.02. The van der Waals surface area contributed by atoms with Crippen molar-refractivity contribution < 1.29 is 9.13 Å². The summed E-state index contributed by atoms with van der Waals surface area (Å²) in [5.41, 5.74) is 0.0142. The summed E-state index contributed by atoms with van der Waals surface area (Å²) in [6.45, 7) is 0. The molecular weight excluding hydrogens is 281 g/mol. The van der Waals surface area contributed by atoms with Gasteiger partial charge in [-0.1, -0.05) is 23.7 Å². The Morgan fingerprint density at radius 1 is 1.25 bits per heavy atom. The van der Waals surface area contributed by atoms with Crippen LogP contribution in [0.1, 0.15) is 0 Å². The number of methoxy groups -OCH3 is 1. The number of pyridine rings is 1. The summed E-state index contributed by atoms with van der Waals surface area (Å²) >= 11 is 5.86. The first kappa shape index (κ1) is 12.8. The van der Waals surface area contributed by atoms with E-state index in [1.54, 1.807) is 18.2 Å². The number of nitrogens with zero attached hydrogens (tertiary/aromatic N) is 1. The highest BCUT2D eigenvalue weighted by Crippen LogP contribution is 2.25. The number of hydrogen-bond donors (Lipinski definition) is 0. The standard InChI is InChI=1S/C15H9ClFNO2/c1-20-12-5-3-8-2-4-11-10(6-9(16)7-18-11)15(19)13(8)14(12)17/h2-7H,1H3. The molecule has 3 rings (SSSR count). The molecule has 0 bridgehead atoms. The number of fused-ring (bicyclic) bond motifs is 2. The Hall–Kier alpha value is -2.20. The largest absolute Gasteiger partial charge is 0.494 e. The van der Waals surface area contributed by atoms with Crippen molar-refractivity contribution in [3.63, 3.8) is 0 Å². The van der Waals surface area contributed by atoms with Gasteiger partial charge >= 0.3 is 0 Å². The predicted molar refractivity (Wildman–Crippen MR) is 77.0 cm³/mol. The van der Waals surface area contributed by atoms with Crippen LogP contribution in [0.4, 0.5) is 4.39 Å². The molecule has 1 heterocycles. The SMILES string of the molecule is COc1ccc2ccc3ncc(Cl)cc3c(=O)c2c1F. The van der Waals surface area contributed by atoms with E-state index in [-0.39, 0.29) is 16.5 Å². The van der Waals surface area contributed by atoms with E-state index in [1.807, 2.05) is 0 Å². The molecular formula is C15H9ClFNO2. The molecule has 20 heavy (non-hydrogen) atoms. The molecule has 2 aromatic carbocycles. The van der Waals surface area contributed by atoms with E-state index in [4.69, 9.17) is 16.3 Å². The van der Waals surface area contributed by atoms with Gasteiger partial charge in [-0.15, -0.1) is 0 Å². The molecule has 0 saturated carbocycles. The maximum absolute atomic E-state index is 14.3. The van der Waals surface area contributed by atoms with Crippen molar-refractivity contribution in [3.05, 3.63) is 57.6 Å². The average Bonchev–Trinajstić information content (AvgIpc) is 2.58. The first-order valence-corrected chi connectivity index (χ1v) is 6.24. The number of hydrogen-bond acceptors (Lipinski definition) is 3. The van der Waals surface area contributed by atoms with Crippen LogP contribution in [0.15, 0.2) is 41.3 Å². The van der Waals surface area contributed by atoms with Crippen molar-refractivity contribution in [2.24, 2.45) is 0 Å². The number of rotatable bonds is 1. The zero-order chi connectivity index (χ0) is 14.3. The van der Waals surface area contributed by atoms with Crippen LogP contribution < -0.4 is 10.2 Å². The fourth-order valence-electron chi connectivity index (χ4n) is 2.17. The number of aromatic nitrogens is 1. The summed E-state index contributed by atoms with van der Waals surface area (Å²) in [5.74, 6) is -0.642. The van der Waals surface area contributed by atoms with Gasteiger partial charge < -0.3 is 4.74 Å². The molecule has 100 valence electrons. The zero-order valence-corrected chi connectivity index (χ0v) is 11.2. The summed E-state index contributed by atoms with van der Waals surface area (Å²) in [4.78, 5) is 16.6. The van der Waals surface area contributed by atoms with Crippen LogP contribution in [0.3, 0.4) is 0 Å². The van der Waals surface area contributed by atoms with Gasteiger partial charge in [0.2, 0.25) is 0 Å². The summed E-state index contributed by atoms with van der Waals surface area (Å²) < 4.78 is 19.3. The number of benzene rings is 1. The molecule has 0 aliphatic heterocycles. The summed E-state index contributed by atoms with van der Waals surface area (Å²) in [5, 5.41) is 1.07. The van der Waals surface area contributed by atoms with E-state index in [2.05, 4.69) is 4.98 Å². The van der Waals surface area contributed by atoms with Gasteiger partial charge in [0, 0.05) is 11.6 Å². The minimum atomic E-state index is -0.674. The molecule has 0 fully saturated rings. The molecule has 0 radical (unpaired) electrons. The molecule has 3 nitrogen and oxygen atoms in total. The van der Waals surface area contributed by atoms with E-state index in [0.717, 1.165) is 0 Å². The first-order chi connectivity index (χ1) is 9.61. The molecule has 1 aromatic heterocycles. The van der Waals surface area contributed by atoms with Gasteiger partial charge in [-0.25, -0.2) is 4.39 Å². The van der Waals surface area contributed by atoms with Crippen LogP contribution in [0, 0.1) is 5.82 Å². The highest BCUT2D eigenvalue weighted by atomic mass is 35.5. The van der Waals surface area contributed by atoms with Crippen molar-refractivity contribution in [1.29, 1.82) is 0 Å². The number of halogens is 2. The normalized spacial score (nSPS) is 10.9. The summed E-state index contributed by atoms with van der Waals surface area (Å²) in [6.07, 6.45) is 1.45. The van der Waals surface area contributed by atoms with Crippen LogP contribution in [0.2, 0.25) is 5.02 Å². The second-order valence-corrected chi connectivity index (χ2v) is 4.73. The van der Waals surface area contributed by atoms with Gasteiger partial charge in [0.05, 0.1) is 23.0 Å². The fourth-order valence-corrected chi connectivity index (χ4v) is 2.33. The molecule has 0 N–H and O–H groups in total. The van der Waals surface area contributed by atoms with Crippen molar-refractivity contribution in [1.82, 2.24) is 4.98 Å². The third-order valence-corrected chi connectivity index (χ3v) is 3.34. The van der Waals surface area contributed by atoms with Crippen LogP contribution in [0.5, 0.6) is 5.75 Å². The van der Waals surface area contributed by atoms with Crippen LogP contribution in [-0.4, -0.2) is 12.1 Å². The molecule has 0 spiro atoms. The van der Waals surface area contributed by atoms with E-state index < -0.39 is 11.2 Å². The molecule has 0 aliphatic carbocycles. The Morgan fingerprint density at radius 2 is 2.00 bits per heavy atom. The van der Waals surface area contributed by atoms with Crippen molar-refractivity contribution in [3.8, 4) is 5.75 Å². The third kappa shape index (κ3) is 1.89. The van der Waals surface area contributed by atoms with Gasteiger partial charge in [-0.05, 0) is 23.6 Å². The van der Waals surface area contributed by atoms with E-state index >= 15 is 0 Å². The highest BCUT2D eigenvalue weighted by molar-refractivity contribution is 6.31. The van der Waals surface area contributed by atoms with Crippen LogP contribution in [0.25, 0.3) is 21.7 Å². The molecule has 0 unspecified atom stereocenters. The lowest BCUT2D eigenvalue weighted by atomic mass is 10.1. The molecule has 0 atom stereocenters. The predicted octanol–water partition coefficient (Wildman–Crippen LogP) is 3.55. The highest BCUT2D eigenvalue weighted by Gasteiger charge is 2.12. The topological polar surface area (TPSA) is 39.2 Å². The maximum Gasteiger partial charge on any atom is 0.198 e. The monoisotopic (exact) mass is 289 g/mol. The Balaban J connectivity index is 2.61. The van der Waals surface area contributed by atoms with Gasteiger partial charge in [0.25, 0.3) is 0 Å². The second kappa shape index (κ2) is 4.72. The second-order valence-electron chi connectivity index (χ2n) is 4.29. The third-order valence-electron chi connectivity index (χ3n) is 3.14. The zero-order valence-electron chi connectivity index (χ0n) is 10.5. The molecule has 0 saturated heterocycles. The minimum absolute atomic E-state index is 0.0246. The van der Waals surface area contributed by atoms with Crippen molar-refractivity contribution in [2.75, 3.05) is 7.11 Å². The smallest absolute Gasteiger partial charge is 0.198 e. The van der Waals surface area contributed by atoms with Gasteiger partial charge in [-0.3, -0.25) is 9.78 Å². The van der Waals surface area contributed by atoms with Crippen molar-refractivity contribution >= 4 is 33.3 Å². The Kier molecular flexibility index (Phi) is 3.03. The summed E-state index contributed by atoms with van der Waals surface area (Å²) in [6, 6.07) is 7.94. The minimum Gasteiger partial charge on any atom is -0.494 e. The van der Waals surface area contributed by atoms with Gasteiger partial charge in [0.1, 0.15) is 0 Å². The Morgan fingerprint density at radius 3 is 2.75 bits per heavy atom. The Labute approximate surface area is 118 Å². The van der Waals surface area contributed by atoms with Gasteiger partial charge in [0.15, 0.2) is 17.0 Å². The lowest BCUT2D eigenvalue weighted by molar-refractivity contribution is 0.389. The van der Waals surface area contributed by atoms with E-state index in [9.17, 15) is 9.18 Å². The molecule has 3 aromatic rings. The number of ether oxygens (including phenoxy) is 1. The maximum atomic E-state index is 14.3.